The normalized spacial score (nSPS) is 24.5. The lowest BCUT2D eigenvalue weighted by molar-refractivity contribution is 0.229. The highest BCUT2D eigenvalue weighted by molar-refractivity contribution is 5.29. The van der Waals surface area contributed by atoms with Crippen LogP contribution in [0.2, 0.25) is 0 Å². The van der Waals surface area contributed by atoms with Gasteiger partial charge in [-0.15, -0.1) is 0 Å². The average molecular weight is 249 g/mol. The fourth-order valence-electron chi connectivity index (χ4n) is 2.98. The molecule has 0 amide bonds. The predicted octanol–water partition coefficient (Wildman–Crippen LogP) is 3.84. The highest BCUT2D eigenvalue weighted by Gasteiger charge is 2.22. The van der Waals surface area contributed by atoms with E-state index >= 15 is 0 Å². The summed E-state index contributed by atoms with van der Waals surface area (Å²) in [6, 6.07) is 0.439. The number of rotatable bonds is 4. The van der Waals surface area contributed by atoms with E-state index in [1.807, 2.05) is 0 Å². The van der Waals surface area contributed by atoms with Gasteiger partial charge < -0.3 is 9.88 Å². The number of aryl methyl sites for hydroxylation is 1. The third kappa shape index (κ3) is 3.27. The number of imidazole rings is 1. The smallest absolute Gasteiger partial charge is 0.203 e. The molecule has 1 N–H and O–H groups in total. The van der Waals surface area contributed by atoms with Crippen LogP contribution in [0.25, 0.3) is 0 Å². The van der Waals surface area contributed by atoms with Gasteiger partial charge in [-0.05, 0) is 39.0 Å². The largest absolute Gasteiger partial charge is 0.353 e. The van der Waals surface area contributed by atoms with E-state index in [1.165, 1.54) is 25.7 Å². The summed E-state index contributed by atoms with van der Waals surface area (Å²) in [5.41, 5.74) is 1.11. The maximum atomic E-state index is 4.59. The second-order valence-electron chi connectivity index (χ2n) is 6.18. The van der Waals surface area contributed by atoms with E-state index in [4.69, 9.17) is 0 Å². The summed E-state index contributed by atoms with van der Waals surface area (Å²) in [6.07, 6.45) is 7.77. The molecule has 0 bridgehead atoms. The molecule has 1 aromatic rings. The van der Waals surface area contributed by atoms with Crippen molar-refractivity contribution in [3.8, 4) is 0 Å². The summed E-state index contributed by atoms with van der Waals surface area (Å²) < 4.78 is 2.32. The molecule has 1 aliphatic carbocycles. The second-order valence-corrected chi connectivity index (χ2v) is 6.18. The van der Waals surface area contributed by atoms with Crippen molar-refractivity contribution in [2.45, 2.75) is 66.0 Å². The van der Waals surface area contributed by atoms with Gasteiger partial charge in [-0.2, -0.15) is 0 Å². The molecule has 1 aliphatic rings. The zero-order valence-corrected chi connectivity index (χ0v) is 12.2. The molecule has 3 heteroatoms. The summed E-state index contributed by atoms with van der Waals surface area (Å²) in [7, 11) is 0. The zero-order valence-electron chi connectivity index (χ0n) is 12.2. The zero-order chi connectivity index (χ0) is 13.1. The van der Waals surface area contributed by atoms with Gasteiger partial charge in [0.25, 0.3) is 0 Å². The molecule has 1 saturated carbocycles. The maximum Gasteiger partial charge on any atom is 0.203 e. The van der Waals surface area contributed by atoms with Crippen LogP contribution in [0.15, 0.2) is 6.20 Å². The summed E-state index contributed by atoms with van der Waals surface area (Å²) in [6.45, 7) is 9.93. The van der Waals surface area contributed by atoms with Crippen LogP contribution in [-0.4, -0.2) is 15.6 Å². The molecule has 2 atom stereocenters. The Kier molecular flexibility index (Phi) is 4.31. The number of nitrogens with zero attached hydrogens (tertiary/aromatic N) is 2. The van der Waals surface area contributed by atoms with Crippen molar-refractivity contribution < 1.29 is 0 Å². The molecule has 1 heterocycles. The molecular weight excluding hydrogens is 222 g/mol. The molecule has 1 aromatic heterocycles. The van der Waals surface area contributed by atoms with Crippen LogP contribution in [0.4, 0.5) is 5.95 Å². The van der Waals surface area contributed by atoms with Crippen LogP contribution in [0.3, 0.4) is 0 Å². The SMILES string of the molecule is Cc1cn(CC2CCCCC2C)c(NC(C)C)n1. The van der Waals surface area contributed by atoms with Crippen molar-refractivity contribution >= 4 is 5.95 Å². The first-order valence-electron chi connectivity index (χ1n) is 7.36. The summed E-state index contributed by atoms with van der Waals surface area (Å²) >= 11 is 0. The van der Waals surface area contributed by atoms with E-state index < -0.39 is 0 Å². The van der Waals surface area contributed by atoms with Gasteiger partial charge in [0.15, 0.2) is 0 Å². The second kappa shape index (κ2) is 5.77. The van der Waals surface area contributed by atoms with Gasteiger partial charge in [0, 0.05) is 18.8 Å². The molecular formula is C15H27N3. The Morgan fingerprint density at radius 3 is 2.78 bits per heavy atom. The van der Waals surface area contributed by atoms with Crippen molar-refractivity contribution in [1.82, 2.24) is 9.55 Å². The van der Waals surface area contributed by atoms with Crippen LogP contribution in [-0.2, 0) is 6.54 Å². The molecule has 0 aromatic carbocycles. The van der Waals surface area contributed by atoms with Gasteiger partial charge in [-0.3, -0.25) is 0 Å². The van der Waals surface area contributed by atoms with Gasteiger partial charge in [-0.1, -0.05) is 26.2 Å². The molecule has 0 radical (unpaired) electrons. The Balaban J connectivity index is 2.07. The van der Waals surface area contributed by atoms with Crippen molar-refractivity contribution in [1.29, 1.82) is 0 Å². The molecule has 0 spiro atoms. The Hall–Kier alpha value is -0.990. The molecule has 0 saturated heterocycles. The Labute approximate surface area is 111 Å². The first-order chi connectivity index (χ1) is 8.56. The Morgan fingerprint density at radius 1 is 1.39 bits per heavy atom. The standard InChI is InChI=1S/C15H27N3/c1-11(2)16-15-17-13(4)9-18(15)10-14-8-6-5-7-12(14)3/h9,11-12,14H,5-8,10H2,1-4H3,(H,16,17). The Bertz CT molecular complexity index is 381. The summed E-state index contributed by atoms with van der Waals surface area (Å²) in [5, 5.41) is 3.45. The number of hydrogen-bond acceptors (Lipinski definition) is 2. The third-order valence-electron chi connectivity index (χ3n) is 4.04. The first kappa shape index (κ1) is 13.4. The highest BCUT2D eigenvalue weighted by atomic mass is 15.2. The minimum absolute atomic E-state index is 0.439. The minimum atomic E-state index is 0.439. The van der Waals surface area contributed by atoms with Crippen LogP contribution >= 0.6 is 0 Å². The lowest BCUT2D eigenvalue weighted by Gasteiger charge is -2.29. The van der Waals surface area contributed by atoms with E-state index in [1.54, 1.807) is 0 Å². The Morgan fingerprint density at radius 2 is 2.11 bits per heavy atom. The minimum Gasteiger partial charge on any atom is -0.353 e. The number of nitrogens with one attached hydrogen (secondary N) is 1. The van der Waals surface area contributed by atoms with Crippen molar-refractivity contribution in [2.24, 2.45) is 11.8 Å². The highest BCUT2D eigenvalue weighted by Crippen LogP contribution is 2.31. The molecule has 3 nitrogen and oxygen atoms in total. The molecule has 2 rings (SSSR count). The fraction of sp³-hybridized carbons (Fsp3) is 0.800. The topological polar surface area (TPSA) is 29.9 Å². The van der Waals surface area contributed by atoms with Gasteiger partial charge in [0.1, 0.15) is 0 Å². The number of aromatic nitrogens is 2. The average Bonchev–Trinajstić information content (AvgIpc) is 2.61. The first-order valence-corrected chi connectivity index (χ1v) is 7.36. The lowest BCUT2D eigenvalue weighted by atomic mass is 9.80. The van der Waals surface area contributed by atoms with Crippen LogP contribution in [0.5, 0.6) is 0 Å². The van der Waals surface area contributed by atoms with E-state index in [9.17, 15) is 0 Å². The fourth-order valence-corrected chi connectivity index (χ4v) is 2.98. The quantitative estimate of drug-likeness (QED) is 0.878. The van der Waals surface area contributed by atoms with Gasteiger partial charge in [0.05, 0.1) is 5.69 Å². The van der Waals surface area contributed by atoms with Crippen LogP contribution < -0.4 is 5.32 Å². The van der Waals surface area contributed by atoms with Gasteiger partial charge in [0.2, 0.25) is 5.95 Å². The van der Waals surface area contributed by atoms with E-state index in [2.05, 4.69) is 48.8 Å². The van der Waals surface area contributed by atoms with Crippen LogP contribution in [0.1, 0.15) is 52.1 Å². The van der Waals surface area contributed by atoms with Gasteiger partial charge >= 0.3 is 0 Å². The number of anilines is 1. The van der Waals surface area contributed by atoms with E-state index in [0.717, 1.165) is 30.0 Å². The number of hydrogen-bond donors (Lipinski definition) is 1. The van der Waals surface area contributed by atoms with Gasteiger partial charge in [-0.25, -0.2) is 4.98 Å². The molecule has 102 valence electrons. The van der Waals surface area contributed by atoms with Crippen molar-refractivity contribution in [3.05, 3.63) is 11.9 Å². The van der Waals surface area contributed by atoms with Crippen molar-refractivity contribution in [2.75, 3.05) is 5.32 Å². The molecule has 18 heavy (non-hydrogen) atoms. The monoisotopic (exact) mass is 249 g/mol. The third-order valence-corrected chi connectivity index (χ3v) is 4.04. The molecule has 1 fully saturated rings. The maximum absolute atomic E-state index is 4.59. The summed E-state index contributed by atoms with van der Waals surface area (Å²) in [4.78, 5) is 4.59. The van der Waals surface area contributed by atoms with E-state index in [-0.39, 0.29) is 0 Å². The lowest BCUT2D eigenvalue weighted by Crippen LogP contribution is -2.23. The van der Waals surface area contributed by atoms with Crippen LogP contribution in [0, 0.1) is 18.8 Å². The van der Waals surface area contributed by atoms with Crippen molar-refractivity contribution in [3.63, 3.8) is 0 Å². The molecule has 2 unspecified atom stereocenters. The predicted molar refractivity (Wildman–Crippen MR) is 76.8 cm³/mol. The van der Waals surface area contributed by atoms with E-state index in [0.29, 0.717) is 6.04 Å². The summed E-state index contributed by atoms with van der Waals surface area (Å²) in [5.74, 6) is 2.72. The molecule has 0 aliphatic heterocycles.